The molecule has 0 aliphatic rings. The van der Waals surface area contributed by atoms with E-state index in [2.05, 4.69) is 39.1 Å². The Balaban J connectivity index is 3.23. The summed E-state index contributed by atoms with van der Waals surface area (Å²) in [4.78, 5) is 12.5. The van der Waals surface area contributed by atoms with Crippen LogP contribution in [0, 0.1) is 13.8 Å². The van der Waals surface area contributed by atoms with Crippen LogP contribution in [0.4, 0.5) is 0 Å². The SMILES string of the molecule is CCC(C)n1c(C)cc(C)c(CNC(C)C)c1=O. The van der Waals surface area contributed by atoms with Gasteiger partial charge in [0.2, 0.25) is 0 Å². The first kappa shape index (κ1) is 15.0. The Bertz CT molecular complexity index is 460. The van der Waals surface area contributed by atoms with Gasteiger partial charge in [0, 0.05) is 29.9 Å². The second-order valence-corrected chi connectivity index (χ2v) is 5.42. The average Bonchev–Trinajstić information content (AvgIpc) is 2.27. The van der Waals surface area contributed by atoms with E-state index in [4.69, 9.17) is 0 Å². The molecule has 1 N–H and O–H groups in total. The Labute approximate surface area is 110 Å². The average molecular weight is 250 g/mol. The number of rotatable bonds is 5. The second kappa shape index (κ2) is 6.19. The second-order valence-electron chi connectivity index (χ2n) is 5.42. The van der Waals surface area contributed by atoms with Crippen LogP contribution in [0.2, 0.25) is 0 Å². The molecule has 3 heteroatoms. The molecule has 0 spiro atoms. The van der Waals surface area contributed by atoms with Gasteiger partial charge in [-0.25, -0.2) is 0 Å². The molecule has 0 fully saturated rings. The van der Waals surface area contributed by atoms with Crippen molar-refractivity contribution in [2.45, 2.75) is 66.6 Å². The zero-order chi connectivity index (χ0) is 13.9. The monoisotopic (exact) mass is 250 g/mol. The topological polar surface area (TPSA) is 34.0 Å². The van der Waals surface area contributed by atoms with Crippen LogP contribution in [0.3, 0.4) is 0 Å². The number of hydrogen-bond donors (Lipinski definition) is 1. The molecule has 0 aliphatic carbocycles. The van der Waals surface area contributed by atoms with Crippen LogP contribution in [0.25, 0.3) is 0 Å². The van der Waals surface area contributed by atoms with Crippen molar-refractivity contribution in [3.63, 3.8) is 0 Å². The third-order valence-electron chi connectivity index (χ3n) is 3.48. The largest absolute Gasteiger partial charge is 0.310 e. The molecule has 0 saturated heterocycles. The number of nitrogens with zero attached hydrogens (tertiary/aromatic N) is 1. The Morgan fingerprint density at radius 2 is 1.89 bits per heavy atom. The van der Waals surface area contributed by atoms with E-state index in [1.165, 1.54) is 0 Å². The number of hydrogen-bond acceptors (Lipinski definition) is 2. The van der Waals surface area contributed by atoms with Crippen molar-refractivity contribution in [2.24, 2.45) is 0 Å². The van der Waals surface area contributed by atoms with E-state index >= 15 is 0 Å². The molecular weight excluding hydrogens is 224 g/mol. The normalized spacial score (nSPS) is 13.1. The lowest BCUT2D eigenvalue weighted by atomic mass is 10.1. The van der Waals surface area contributed by atoms with E-state index in [0.717, 1.165) is 23.2 Å². The van der Waals surface area contributed by atoms with Crippen LogP contribution in [-0.4, -0.2) is 10.6 Å². The third-order valence-corrected chi connectivity index (χ3v) is 3.48. The molecule has 0 radical (unpaired) electrons. The van der Waals surface area contributed by atoms with Crippen molar-refractivity contribution < 1.29 is 0 Å². The first-order valence-electron chi connectivity index (χ1n) is 6.83. The lowest BCUT2D eigenvalue weighted by Gasteiger charge is -2.20. The molecule has 0 bridgehead atoms. The van der Waals surface area contributed by atoms with E-state index in [9.17, 15) is 4.79 Å². The van der Waals surface area contributed by atoms with E-state index in [1.807, 2.05) is 18.4 Å². The quantitative estimate of drug-likeness (QED) is 0.872. The fourth-order valence-electron chi connectivity index (χ4n) is 2.20. The molecule has 1 unspecified atom stereocenters. The van der Waals surface area contributed by atoms with Crippen molar-refractivity contribution in [3.8, 4) is 0 Å². The molecule has 18 heavy (non-hydrogen) atoms. The van der Waals surface area contributed by atoms with Crippen LogP contribution in [0.1, 0.15) is 57.0 Å². The maximum absolute atomic E-state index is 12.5. The zero-order valence-electron chi connectivity index (χ0n) is 12.5. The van der Waals surface area contributed by atoms with Crippen molar-refractivity contribution in [2.75, 3.05) is 0 Å². The van der Waals surface area contributed by atoms with E-state index < -0.39 is 0 Å². The van der Waals surface area contributed by atoms with Gasteiger partial charge in [0.05, 0.1) is 0 Å². The minimum Gasteiger partial charge on any atom is -0.310 e. The van der Waals surface area contributed by atoms with Crippen LogP contribution in [0.5, 0.6) is 0 Å². The van der Waals surface area contributed by atoms with Gasteiger partial charge >= 0.3 is 0 Å². The molecule has 1 atom stereocenters. The molecule has 0 saturated carbocycles. The minimum absolute atomic E-state index is 0.162. The zero-order valence-corrected chi connectivity index (χ0v) is 12.5. The van der Waals surface area contributed by atoms with Crippen LogP contribution in [0.15, 0.2) is 10.9 Å². The van der Waals surface area contributed by atoms with Crippen molar-refractivity contribution in [1.29, 1.82) is 0 Å². The standard InChI is InChI=1S/C15H26N2O/c1-7-12(5)17-13(6)8-11(4)14(15(17)18)9-16-10(2)3/h8,10,12,16H,7,9H2,1-6H3. The molecule has 1 aromatic rings. The Morgan fingerprint density at radius 3 is 2.39 bits per heavy atom. The van der Waals surface area contributed by atoms with E-state index in [1.54, 1.807) is 0 Å². The van der Waals surface area contributed by atoms with Gasteiger partial charge in [-0.3, -0.25) is 4.79 Å². The Kier molecular flexibility index (Phi) is 5.15. The predicted molar refractivity (Wildman–Crippen MR) is 77.2 cm³/mol. The highest BCUT2D eigenvalue weighted by Gasteiger charge is 2.13. The summed E-state index contributed by atoms with van der Waals surface area (Å²) in [7, 11) is 0. The Hall–Kier alpha value is -1.09. The molecule has 0 amide bonds. The summed E-state index contributed by atoms with van der Waals surface area (Å²) in [6.07, 6.45) is 0.973. The van der Waals surface area contributed by atoms with Gasteiger partial charge in [-0.2, -0.15) is 0 Å². The summed E-state index contributed by atoms with van der Waals surface area (Å²) in [6, 6.07) is 2.77. The maximum Gasteiger partial charge on any atom is 0.255 e. The number of nitrogens with one attached hydrogen (secondary N) is 1. The number of aryl methyl sites for hydroxylation is 2. The lowest BCUT2D eigenvalue weighted by Crippen LogP contribution is -2.33. The molecular formula is C15H26N2O. The van der Waals surface area contributed by atoms with Crippen molar-refractivity contribution >= 4 is 0 Å². The van der Waals surface area contributed by atoms with Gasteiger partial charge in [-0.05, 0) is 38.8 Å². The minimum atomic E-state index is 0.162. The molecule has 0 aliphatic heterocycles. The maximum atomic E-state index is 12.5. The Morgan fingerprint density at radius 1 is 1.28 bits per heavy atom. The van der Waals surface area contributed by atoms with Crippen molar-refractivity contribution in [3.05, 3.63) is 33.2 Å². The molecule has 1 rings (SSSR count). The van der Waals surface area contributed by atoms with Gasteiger partial charge in [0.15, 0.2) is 0 Å². The van der Waals surface area contributed by atoms with Crippen LogP contribution in [-0.2, 0) is 6.54 Å². The highest BCUT2D eigenvalue weighted by atomic mass is 16.1. The highest BCUT2D eigenvalue weighted by Crippen LogP contribution is 2.14. The van der Waals surface area contributed by atoms with Gasteiger partial charge < -0.3 is 9.88 Å². The highest BCUT2D eigenvalue weighted by molar-refractivity contribution is 5.26. The predicted octanol–water partition coefficient (Wildman–Crippen LogP) is 2.93. The summed E-state index contributed by atoms with van der Waals surface area (Å²) < 4.78 is 1.92. The van der Waals surface area contributed by atoms with E-state index in [-0.39, 0.29) is 11.6 Å². The van der Waals surface area contributed by atoms with Crippen molar-refractivity contribution in [1.82, 2.24) is 9.88 Å². The number of aromatic nitrogens is 1. The summed E-state index contributed by atoms with van der Waals surface area (Å²) in [5.41, 5.74) is 3.20. The fourth-order valence-corrected chi connectivity index (χ4v) is 2.20. The smallest absolute Gasteiger partial charge is 0.255 e. The summed E-state index contributed by atoms with van der Waals surface area (Å²) in [6.45, 7) is 13.1. The van der Waals surface area contributed by atoms with Crippen LogP contribution < -0.4 is 10.9 Å². The van der Waals surface area contributed by atoms with Gasteiger partial charge in [0.1, 0.15) is 0 Å². The summed E-state index contributed by atoms with van der Waals surface area (Å²) in [5, 5.41) is 3.33. The molecule has 1 aromatic heterocycles. The number of pyridine rings is 1. The van der Waals surface area contributed by atoms with Crippen LogP contribution >= 0.6 is 0 Å². The molecule has 102 valence electrons. The van der Waals surface area contributed by atoms with Gasteiger partial charge in [-0.1, -0.05) is 20.8 Å². The van der Waals surface area contributed by atoms with E-state index in [0.29, 0.717) is 12.6 Å². The van der Waals surface area contributed by atoms with Gasteiger partial charge in [-0.15, -0.1) is 0 Å². The first-order chi connectivity index (χ1) is 8.38. The first-order valence-corrected chi connectivity index (χ1v) is 6.83. The molecule has 1 heterocycles. The third kappa shape index (κ3) is 3.22. The van der Waals surface area contributed by atoms with Gasteiger partial charge in [0.25, 0.3) is 5.56 Å². The fraction of sp³-hybridized carbons (Fsp3) is 0.667. The summed E-state index contributed by atoms with van der Waals surface area (Å²) in [5.74, 6) is 0. The lowest BCUT2D eigenvalue weighted by molar-refractivity contribution is 0.493. The molecule has 3 nitrogen and oxygen atoms in total. The summed E-state index contributed by atoms with van der Waals surface area (Å²) >= 11 is 0. The molecule has 0 aromatic carbocycles.